The van der Waals surface area contributed by atoms with Crippen LogP contribution in [0.3, 0.4) is 0 Å². The topological polar surface area (TPSA) is 196 Å². The summed E-state index contributed by atoms with van der Waals surface area (Å²) in [7, 11) is 0. The Balaban J connectivity index is 0.000000584. The highest BCUT2D eigenvalue weighted by atomic mass is 16.5. The summed E-state index contributed by atoms with van der Waals surface area (Å²) in [6.07, 6.45) is -2.29. The van der Waals surface area contributed by atoms with E-state index in [0.29, 0.717) is 30.3 Å². The fraction of sp³-hybridized carbons (Fsp3) is 0.474. The number of carboxylic acids is 3. The Morgan fingerprint density at radius 2 is 1.53 bits per heavy atom. The van der Waals surface area contributed by atoms with Gasteiger partial charge in [-0.05, 0) is 36.7 Å². The van der Waals surface area contributed by atoms with Gasteiger partial charge in [-0.25, -0.2) is 9.59 Å². The minimum Gasteiger partial charge on any atom is -0.481 e. The fourth-order valence-electron chi connectivity index (χ4n) is 2.02. The smallest absolute Gasteiger partial charge is 0.338 e. The van der Waals surface area contributed by atoms with E-state index >= 15 is 0 Å². The van der Waals surface area contributed by atoms with Gasteiger partial charge in [-0.2, -0.15) is 0 Å². The zero-order valence-electron chi connectivity index (χ0n) is 16.8. The number of carboxylic acid groups (broad SMARTS) is 3. The minimum absolute atomic E-state index is 0.309. The normalized spacial score (nSPS) is 10.7. The van der Waals surface area contributed by atoms with Crippen molar-refractivity contribution in [2.45, 2.75) is 32.3 Å². The number of anilines is 1. The Morgan fingerprint density at radius 1 is 1.03 bits per heavy atom. The van der Waals surface area contributed by atoms with E-state index in [-0.39, 0.29) is 5.97 Å². The maximum Gasteiger partial charge on any atom is 0.338 e. The third kappa shape index (κ3) is 11.6. The van der Waals surface area contributed by atoms with E-state index in [2.05, 4.69) is 19.2 Å². The van der Waals surface area contributed by atoms with Gasteiger partial charge in [-0.15, -0.1) is 0 Å². The zero-order chi connectivity index (χ0) is 23.3. The first kappa shape index (κ1) is 26.8. The van der Waals surface area contributed by atoms with E-state index < -0.39 is 36.4 Å². The van der Waals surface area contributed by atoms with Gasteiger partial charge in [0.25, 0.3) is 0 Å². The lowest BCUT2D eigenvalue weighted by atomic mass is 9.96. The SMILES string of the molecule is CC(C)CNCCOC(=O)c1ccc(N)cc1.O=C(O)CC(O)(CC(=O)O)C(=O)O. The Kier molecular flexibility index (Phi) is 11.7. The van der Waals surface area contributed by atoms with Crippen molar-refractivity contribution in [2.75, 3.05) is 25.4 Å². The van der Waals surface area contributed by atoms with Gasteiger partial charge in [0.2, 0.25) is 0 Å². The molecule has 0 radical (unpaired) electrons. The second kappa shape index (κ2) is 13.1. The molecule has 168 valence electrons. The first-order chi connectivity index (χ1) is 13.9. The molecule has 0 bridgehead atoms. The van der Waals surface area contributed by atoms with Crippen LogP contribution in [0.5, 0.6) is 0 Å². The van der Waals surface area contributed by atoms with Crippen LogP contribution in [0.1, 0.15) is 37.0 Å². The third-order valence-corrected chi connectivity index (χ3v) is 3.50. The van der Waals surface area contributed by atoms with Crippen molar-refractivity contribution in [3.63, 3.8) is 0 Å². The van der Waals surface area contributed by atoms with E-state index in [1.165, 1.54) is 0 Å². The maximum atomic E-state index is 11.6. The molecule has 1 aromatic carbocycles. The molecule has 0 aliphatic rings. The van der Waals surface area contributed by atoms with Gasteiger partial charge in [-0.3, -0.25) is 9.59 Å². The third-order valence-electron chi connectivity index (χ3n) is 3.50. The molecule has 0 saturated carbocycles. The lowest BCUT2D eigenvalue weighted by molar-refractivity contribution is -0.170. The first-order valence-corrected chi connectivity index (χ1v) is 9.00. The Labute approximate surface area is 173 Å². The van der Waals surface area contributed by atoms with Gasteiger partial charge < -0.3 is 36.2 Å². The lowest BCUT2D eigenvalue weighted by Crippen LogP contribution is -2.42. The monoisotopic (exact) mass is 428 g/mol. The molecule has 0 aliphatic heterocycles. The molecule has 0 saturated heterocycles. The van der Waals surface area contributed by atoms with Crippen LogP contribution in [0.15, 0.2) is 24.3 Å². The first-order valence-electron chi connectivity index (χ1n) is 9.00. The molecule has 11 nitrogen and oxygen atoms in total. The number of nitrogen functional groups attached to an aromatic ring is 1. The van der Waals surface area contributed by atoms with Gasteiger partial charge in [-0.1, -0.05) is 13.8 Å². The van der Waals surface area contributed by atoms with Crippen molar-refractivity contribution in [3.05, 3.63) is 29.8 Å². The number of carbonyl (C=O) groups is 4. The molecule has 7 N–H and O–H groups in total. The molecule has 0 aliphatic carbocycles. The summed E-state index contributed by atoms with van der Waals surface area (Å²) in [5.74, 6) is -4.73. The highest BCUT2D eigenvalue weighted by Crippen LogP contribution is 2.15. The van der Waals surface area contributed by atoms with Crippen LogP contribution >= 0.6 is 0 Å². The number of aliphatic hydroxyl groups is 1. The summed E-state index contributed by atoms with van der Waals surface area (Å²) in [5, 5.41) is 37.0. The van der Waals surface area contributed by atoms with Gasteiger partial charge in [0.15, 0.2) is 5.60 Å². The summed E-state index contributed by atoms with van der Waals surface area (Å²) in [6.45, 7) is 6.26. The maximum absolute atomic E-state index is 11.6. The van der Waals surface area contributed by atoms with Gasteiger partial charge in [0.1, 0.15) is 6.61 Å². The zero-order valence-corrected chi connectivity index (χ0v) is 16.8. The van der Waals surface area contributed by atoms with Crippen LogP contribution in [0.4, 0.5) is 5.69 Å². The summed E-state index contributed by atoms with van der Waals surface area (Å²) >= 11 is 0. The van der Waals surface area contributed by atoms with Crippen molar-refractivity contribution in [1.29, 1.82) is 0 Å². The largest absolute Gasteiger partial charge is 0.481 e. The van der Waals surface area contributed by atoms with Crippen LogP contribution < -0.4 is 11.1 Å². The van der Waals surface area contributed by atoms with E-state index in [1.807, 2.05) is 0 Å². The lowest BCUT2D eigenvalue weighted by Gasteiger charge is -2.18. The molecule has 1 aromatic rings. The van der Waals surface area contributed by atoms with Gasteiger partial charge in [0.05, 0.1) is 18.4 Å². The fourth-order valence-corrected chi connectivity index (χ4v) is 2.02. The second-order valence-corrected chi connectivity index (χ2v) is 6.83. The van der Waals surface area contributed by atoms with Crippen molar-refractivity contribution in [3.8, 4) is 0 Å². The number of carbonyl (C=O) groups excluding carboxylic acids is 1. The number of hydrogen-bond donors (Lipinski definition) is 6. The second-order valence-electron chi connectivity index (χ2n) is 6.83. The minimum atomic E-state index is -2.74. The predicted octanol–water partition coefficient (Wildman–Crippen LogP) is 0.423. The van der Waals surface area contributed by atoms with Crippen molar-refractivity contribution in [2.24, 2.45) is 5.92 Å². The number of nitrogens with two attached hydrogens (primary N) is 1. The average Bonchev–Trinajstić information content (AvgIpc) is 2.60. The summed E-state index contributed by atoms with van der Waals surface area (Å²) < 4.78 is 5.11. The van der Waals surface area contributed by atoms with Gasteiger partial charge in [0, 0.05) is 12.2 Å². The van der Waals surface area contributed by atoms with Crippen LogP contribution in [-0.2, 0) is 19.1 Å². The molecule has 0 spiro atoms. The number of aliphatic carboxylic acids is 3. The van der Waals surface area contributed by atoms with Crippen LogP contribution in [0, 0.1) is 5.92 Å². The van der Waals surface area contributed by atoms with E-state index in [1.54, 1.807) is 24.3 Å². The van der Waals surface area contributed by atoms with Crippen LogP contribution in [0.25, 0.3) is 0 Å². The molecule has 30 heavy (non-hydrogen) atoms. The van der Waals surface area contributed by atoms with E-state index in [4.69, 9.17) is 30.9 Å². The molecule has 0 amide bonds. The Hall–Kier alpha value is -3.18. The molecular formula is C19H28N2O9. The predicted molar refractivity (Wildman–Crippen MR) is 106 cm³/mol. The summed E-state index contributed by atoms with van der Waals surface area (Å²) in [5.41, 5.74) is 3.96. The van der Waals surface area contributed by atoms with Crippen molar-refractivity contribution < 1.29 is 44.3 Å². The number of rotatable bonds is 11. The molecule has 11 heteroatoms. The van der Waals surface area contributed by atoms with Gasteiger partial charge >= 0.3 is 23.9 Å². The molecule has 0 atom stereocenters. The highest BCUT2D eigenvalue weighted by molar-refractivity contribution is 5.89. The molecule has 0 unspecified atom stereocenters. The summed E-state index contributed by atoms with van der Waals surface area (Å²) in [4.78, 5) is 42.0. The number of esters is 1. The standard InChI is InChI=1S/C13H20N2O2.C6H8O7/c1-10(2)9-15-7-8-17-13(16)11-3-5-12(14)6-4-11;7-3(8)1-6(13,5(11)12)2-4(9)10/h3-6,10,15H,7-9,14H2,1-2H3;13H,1-2H2,(H,7,8)(H,9,10)(H,11,12). The van der Waals surface area contributed by atoms with E-state index in [9.17, 15) is 19.2 Å². The number of nitrogens with one attached hydrogen (secondary N) is 1. The Morgan fingerprint density at radius 3 is 1.93 bits per heavy atom. The average molecular weight is 428 g/mol. The number of benzene rings is 1. The summed E-state index contributed by atoms with van der Waals surface area (Å²) in [6, 6.07) is 6.71. The molecular weight excluding hydrogens is 400 g/mol. The molecule has 0 fully saturated rings. The van der Waals surface area contributed by atoms with Crippen LogP contribution in [0.2, 0.25) is 0 Å². The molecule has 1 rings (SSSR count). The van der Waals surface area contributed by atoms with Crippen molar-refractivity contribution in [1.82, 2.24) is 5.32 Å². The Bertz CT molecular complexity index is 701. The number of hydrogen-bond acceptors (Lipinski definition) is 8. The quantitative estimate of drug-likeness (QED) is 0.162. The molecule has 0 aromatic heterocycles. The molecule has 0 heterocycles. The number of ether oxygens (including phenoxy) is 1. The highest BCUT2D eigenvalue weighted by Gasteiger charge is 2.40. The van der Waals surface area contributed by atoms with E-state index in [0.717, 1.165) is 6.54 Å². The van der Waals surface area contributed by atoms with Crippen LogP contribution in [-0.4, -0.2) is 69.6 Å². The van der Waals surface area contributed by atoms with Crippen molar-refractivity contribution >= 4 is 29.6 Å².